The highest BCUT2D eigenvalue weighted by Crippen LogP contribution is 2.20. The Kier molecular flexibility index (Phi) is 3.70. The minimum Gasteiger partial charge on any atom is -0.375 e. The minimum atomic E-state index is -0.642. The number of hydrogen-bond acceptors (Lipinski definition) is 3. The van der Waals surface area contributed by atoms with Gasteiger partial charge in [-0.25, -0.2) is 10.2 Å². The van der Waals surface area contributed by atoms with Crippen LogP contribution in [0, 0.1) is 0 Å². The predicted molar refractivity (Wildman–Crippen MR) is 49.4 cm³/mol. The smallest absolute Gasteiger partial charge is 0.332 e. The molecule has 0 aromatic rings. The topological polar surface area (TPSA) is 76.7 Å². The van der Waals surface area contributed by atoms with E-state index in [1.165, 1.54) is 0 Å². The van der Waals surface area contributed by atoms with Crippen LogP contribution in [0.4, 0.5) is 4.79 Å². The molecule has 1 fully saturated rings. The van der Waals surface area contributed by atoms with E-state index in [9.17, 15) is 4.79 Å². The highest BCUT2D eigenvalue weighted by atomic mass is 16.5. The number of carbonyl (C=O) groups excluding carboxylic acids is 1. The van der Waals surface area contributed by atoms with Gasteiger partial charge in [0.05, 0.1) is 12.2 Å². The van der Waals surface area contributed by atoms with E-state index >= 15 is 0 Å². The summed E-state index contributed by atoms with van der Waals surface area (Å²) in [6, 6.07) is -0.642. The van der Waals surface area contributed by atoms with Gasteiger partial charge in [0, 0.05) is 12.6 Å². The maximum Gasteiger partial charge on any atom is 0.332 e. The Balaban J connectivity index is 2.12. The van der Waals surface area contributed by atoms with Gasteiger partial charge in [-0.1, -0.05) is 0 Å². The number of hydrogen-bond donors (Lipinski definition) is 2. The number of nitrogens with two attached hydrogens (primary N) is 1. The fraction of sp³-hybridized carbons (Fsp3) is 0.750. The van der Waals surface area contributed by atoms with Gasteiger partial charge in [-0.15, -0.1) is 0 Å². The molecule has 1 aliphatic heterocycles. The number of nitrogens with one attached hydrogen (secondary N) is 1. The number of amides is 2. The second kappa shape index (κ2) is 4.81. The van der Waals surface area contributed by atoms with Crippen molar-refractivity contribution in [1.82, 2.24) is 5.43 Å². The molecule has 0 aromatic heterocycles. The van der Waals surface area contributed by atoms with Gasteiger partial charge in [0.25, 0.3) is 0 Å². The summed E-state index contributed by atoms with van der Waals surface area (Å²) >= 11 is 0. The van der Waals surface area contributed by atoms with Crippen LogP contribution >= 0.6 is 0 Å². The fourth-order valence-electron chi connectivity index (χ4n) is 1.34. The zero-order valence-corrected chi connectivity index (χ0v) is 7.69. The molecule has 2 amide bonds. The van der Waals surface area contributed by atoms with Crippen molar-refractivity contribution in [2.24, 2.45) is 10.8 Å². The molecule has 0 saturated carbocycles. The van der Waals surface area contributed by atoms with Crippen molar-refractivity contribution in [2.75, 3.05) is 0 Å². The lowest BCUT2D eigenvalue weighted by molar-refractivity contribution is 0.0610. The normalized spacial score (nSPS) is 28.1. The number of nitrogens with zero attached hydrogens (tertiary/aromatic N) is 1. The zero-order chi connectivity index (χ0) is 9.68. The van der Waals surface area contributed by atoms with Crippen LogP contribution in [0.3, 0.4) is 0 Å². The molecule has 0 aliphatic carbocycles. The highest BCUT2D eigenvalue weighted by Gasteiger charge is 2.20. The molecule has 74 valence electrons. The average molecular weight is 185 g/mol. The monoisotopic (exact) mass is 185 g/mol. The number of rotatable bonds is 3. The molecule has 0 radical (unpaired) electrons. The maximum atomic E-state index is 10.2. The Morgan fingerprint density at radius 2 is 2.54 bits per heavy atom. The molecule has 0 aromatic carbocycles. The van der Waals surface area contributed by atoms with Crippen LogP contribution in [0.2, 0.25) is 0 Å². The third-order valence-electron chi connectivity index (χ3n) is 1.95. The van der Waals surface area contributed by atoms with Crippen molar-refractivity contribution in [1.29, 1.82) is 0 Å². The lowest BCUT2D eigenvalue weighted by atomic mass is 10.2. The van der Waals surface area contributed by atoms with Crippen molar-refractivity contribution < 1.29 is 9.53 Å². The lowest BCUT2D eigenvalue weighted by Gasteiger charge is -2.06. The van der Waals surface area contributed by atoms with E-state index in [1.54, 1.807) is 6.21 Å². The first-order chi connectivity index (χ1) is 6.18. The summed E-state index contributed by atoms with van der Waals surface area (Å²) in [6.45, 7) is 2.05. The van der Waals surface area contributed by atoms with E-state index < -0.39 is 6.03 Å². The minimum absolute atomic E-state index is 0.244. The highest BCUT2D eigenvalue weighted by molar-refractivity contribution is 5.72. The van der Waals surface area contributed by atoms with Crippen LogP contribution in [0.1, 0.15) is 26.2 Å². The molecular weight excluding hydrogens is 170 g/mol. The molecule has 13 heavy (non-hydrogen) atoms. The zero-order valence-electron chi connectivity index (χ0n) is 7.69. The van der Waals surface area contributed by atoms with Crippen LogP contribution in [0.15, 0.2) is 5.10 Å². The van der Waals surface area contributed by atoms with Gasteiger partial charge >= 0.3 is 6.03 Å². The van der Waals surface area contributed by atoms with Gasteiger partial charge in [-0.05, 0) is 19.8 Å². The van der Waals surface area contributed by atoms with Gasteiger partial charge in [0.2, 0.25) is 0 Å². The Labute approximate surface area is 77.3 Å². The summed E-state index contributed by atoms with van der Waals surface area (Å²) in [6.07, 6.45) is 5.10. The van der Waals surface area contributed by atoms with E-state index in [0.717, 1.165) is 19.3 Å². The van der Waals surface area contributed by atoms with Crippen LogP contribution in [0.25, 0.3) is 0 Å². The van der Waals surface area contributed by atoms with Crippen molar-refractivity contribution in [3.05, 3.63) is 0 Å². The average Bonchev–Trinajstić information content (AvgIpc) is 2.45. The summed E-state index contributed by atoms with van der Waals surface area (Å²) < 4.78 is 5.53. The van der Waals surface area contributed by atoms with Crippen molar-refractivity contribution in [3.8, 4) is 0 Å². The summed E-state index contributed by atoms with van der Waals surface area (Å²) in [5.41, 5.74) is 6.95. The van der Waals surface area contributed by atoms with Crippen molar-refractivity contribution in [2.45, 2.75) is 38.4 Å². The van der Waals surface area contributed by atoms with E-state index in [-0.39, 0.29) is 6.10 Å². The molecule has 0 bridgehead atoms. The molecular formula is C8H15N3O2. The molecule has 2 unspecified atom stereocenters. The Hall–Kier alpha value is -1.10. The molecule has 5 heteroatoms. The number of urea groups is 1. The van der Waals surface area contributed by atoms with E-state index in [1.807, 2.05) is 0 Å². The summed E-state index contributed by atoms with van der Waals surface area (Å²) in [4.78, 5) is 10.2. The molecule has 1 aliphatic rings. The largest absolute Gasteiger partial charge is 0.375 e. The third-order valence-corrected chi connectivity index (χ3v) is 1.95. The fourth-order valence-corrected chi connectivity index (χ4v) is 1.34. The Bertz CT molecular complexity index is 206. The Morgan fingerprint density at radius 1 is 1.77 bits per heavy atom. The number of hydrazone groups is 1. The first-order valence-electron chi connectivity index (χ1n) is 4.41. The Morgan fingerprint density at radius 3 is 3.08 bits per heavy atom. The van der Waals surface area contributed by atoms with E-state index in [4.69, 9.17) is 10.5 Å². The first-order valence-corrected chi connectivity index (χ1v) is 4.41. The first kappa shape index (κ1) is 9.98. The summed E-state index contributed by atoms with van der Waals surface area (Å²) in [5, 5.41) is 3.63. The second-order valence-corrected chi connectivity index (χ2v) is 3.17. The lowest BCUT2D eigenvalue weighted by Crippen LogP contribution is -2.24. The molecule has 1 rings (SSSR count). The summed E-state index contributed by atoms with van der Waals surface area (Å²) in [5.74, 6) is 0. The number of carbonyl (C=O) groups is 1. The molecule has 1 heterocycles. The van der Waals surface area contributed by atoms with Gasteiger partial charge in [0.15, 0.2) is 0 Å². The second-order valence-electron chi connectivity index (χ2n) is 3.17. The van der Waals surface area contributed by atoms with Gasteiger partial charge in [-0.3, -0.25) is 0 Å². The predicted octanol–water partition coefficient (Wildman–Crippen LogP) is 0.598. The summed E-state index contributed by atoms with van der Waals surface area (Å²) in [7, 11) is 0. The van der Waals surface area contributed by atoms with Gasteiger partial charge < -0.3 is 10.5 Å². The van der Waals surface area contributed by atoms with Crippen LogP contribution in [-0.2, 0) is 4.74 Å². The van der Waals surface area contributed by atoms with Crippen LogP contribution < -0.4 is 11.2 Å². The van der Waals surface area contributed by atoms with Crippen molar-refractivity contribution >= 4 is 12.2 Å². The molecule has 1 saturated heterocycles. The van der Waals surface area contributed by atoms with E-state index in [2.05, 4.69) is 17.5 Å². The van der Waals surface area contributed by atoms with Crippen LogP contribution in [0.5, 0.6) is 0 Å². The third kappa shape index (κ3) is 3.89. The molecule has 3 N–H and O–H groups in total. The van der Waals surface area contributed by atoms with Crippen molar-refractivity contribution in [3.63, 3.8) is 0 Å². The van der Waals surface area contributed by atoms with Crippen LogP contribution in [-0.4, -0.2) is 24.5 Å². The maximum absolute atomic E-state index is 10.2. The van der Waals surface area contributed by atoms with E-state index in [0.29, 0.717) is 6.10 Å². The standard InChI is InChI=1S/C8H15N3O2/c1-6-2-3-7(13-6)4-5-10-11-8(9)12/h5-7H,2-4H2,1H3,(H3,9,11,12)/b10-5+. The molecule has 0 spiro atoms. The SMILES string of the molecule is CC1CCC(C/C=N/NC(N)=O)O1. The van der Waals surface area contributed by atoms with Gasteiger partial charge in [-0.2, -0.15) is 5.10 Å². The number of primary amides is 1. The molecule has 2 atom stereocenters. The van der Waals surface area contributed by atoms with Gasteiger partial charge in [0.1, 0.15) is 0 Å². The number of ether oxygens (including phenoxy) is 1. The quantitative estimate of drug-likeness (QED) is 0.499. The molecule has 5 nitrogen and oxygen atoms in total.